The topological polar surface area (TPSA) is 58.6 Å². The van der Waals surface area contributed by atoms with Gasteiger partial charge >= 0.3 is 0 Å². The van der Waals surface area contributed by atoms with Crippen LogP contribution < -0.4 is 5.32 Å². The lowest BCUT2D eigenvalue weighted by molar-refractivity contribution is 0.161. The first-order chi connectivity index (χ1) is 8.13. The summed E-state index contributed by atoms with van der Waals surface area (Å²) < 4.78 is 30.9. The SMILES string of the molecule is CCOCCS(=O)(=O)N1CCC2NCCC2C1.Cl. The Hall–Kier alpha value is 0.120. The summed E-state index contributed by atoms with van der Waals surface area (Å²) in [5.74, 6) is 0.622. The van der Waals surface area contributed by atoms with Gasteiger partial charge in [0.05, 0.1) is 12.4 Å². The molecule has 0 radical (unpaired) electrons. The van der Waals surface area contributed by atoms with Crippen LogP contribution in [0.15, 0.2) is 0 Å². The van der Waals surface area contributed by atoms with E-state index in [4.69, 9.17) is 4.74 Å². The van der Waals surface area contributed by atoms with Crippen LogP contribution in [0.2, 0.25) is 0 Å². The molecule has 18 heavy (non-hydrogen) atoms. The van der Waals surface area contributed by atoms with Gasteiger partial charge in [-0.25, -0.2) is 12.7 Å². The van der Waals surface area contributed by atoms with E-state index in [9.17, 15) is 8.42 Å². The van der Waals surface area contributed by atoms with Crippen molar-refractivity contribution in [1.29, 1.82) is 0 Å². The van der Waals surface area contributed by atoms with Crippen molar-refractivity contribution in [2.45, 2.75) is 25.8 Å². The predicted octanol–water partition coefficient (Wildman–Crippen LogP) is 0.458. The van der Waals surface area contributed by atoms with Gasteiger partial charge in [-0.15, -0.1) is 12.4 Å². The van der Waals surface area contributed by atoms with Crippen LogP contribution in [-0.4, -0.2) is 57.4 Å². The standard InChI is InChI=1S/C11H22N2O3S.ClH/c1-2-16-7-8-17(14,15)13-6-4-11-10(9-13)3-5-12-11;/h10-12H,2-9H2,1H3;1H. The predicted molar refractivity (Wildman–Crippen MR) is 73.6 cm³/mol. The Kier molecular flexibility index (Phi) is 6.34. The molecule has 2 aliphatic heterocycles. The molecule has 0 spiro atoms. The molecule has 7 heteroatoms. The normalized spacial score (nSPS) is 28.7. The van der Waals surface area contributed by atoms with Crippen LogP contribution in [0.1, 0.15) is 19.8 Å². The highest BCUT2D eigenvalue weighted by Crippen LogP contribution is 2.26. The van der Waals surface area contributed by atoms with E-state index >= 15 is 0 Å². The second-order valence-corrected chi connectivity index (χ2v) is 6.86. The van der Waals surface area contributed by atoms with Crippen molar-refractivity contribution in [3.8, 4) is 0 Å². The van der Waals surface area contributed by atoms with E-state index in [1.54, 1.807) is 4.31 Å². The van der Waals surface area contributed by atoms with Crippen LogP contribution in [0.5, 0.6) is 0 Å². The fourth-order valence-electron chi connectivity index (χ4n) is 2.70. The average Bonchev–Trinajstić information content (AvgIpc) is 2.76. The maximum absolute atomic E-state index is 12.1. The monoisotopic (exact) mass is 298 g/mol. The number of fused-ring (bicyclic) bond motifs is 1. The molecule has 0 aromatic heterocycles. The van der Waals surface area contributed by atoms with E-state index in [0.29, 0.717) is 38.3 Å². The minimum atomic E-state index is -3.11. The molecule has 2 atom stereocenters. The van der Waals surface area contributed by atoms with E-state index in [-0.39, 0.29) is 18.2 Å². The molecule has 1 N–H and O–H groups in total. The third-order valence-corrected chi connectivity index (χ3v) is 5.50. The Morgan fingerprint density at radius 2 is 2.17 bits per heavy atom. The molecule has 0 aromatic carbocycles. The van der Waals surface area contributed by atoms with Crippen molar-refractivity contribution >= 4 is 22.4 Å². The van der Waals surface area contributed by atoms with Crippen LogP contribution in [0.4, 0.5) is 0 Å². The molecule has 2 fully saturated rings. The fourth-order valence-corrected chi connectivity index (χ4v) is 4.09. The molecule has 2 saturated heterocycles. The van der Waals surface area contributed by atoms with Crippen molar-refractivity contribution < 1.29 is 13.2 Å². The van der Waals surface area contributed by atoms with Crippen LogP contribution in [0, 0.1) is 5.92 Å². The number of piperidine rings is 1. The fraction of sp³-hybridized carbons (Fsp3) is 1.00. The summed E-state index contributed by atoms with van der Waals surface area (Å²) in [6, 6.07) is 0.536. The molecule has 2 unspecified atom stereocenters. The molecule has 2 rings (SSSR count). The second-order valence-electron chi connectivity index (χ2n) is 4.77. The molecule has 0 saturated carbocycles. The zero-order chi connectivity index (χ0) is 12.3. The molecule has 108 valence electrons. The van der Waals surface area contributed by atoms with Crippen molar-refractivity contribution in [3.63, 3.8) is 0 Å². The van der Waals surface area contributed by atoms with E-state index < -0.39 is 10.0 Å². The lowest BCUT2D eigenvalue weighted by atomic mass is 9.95. The van der Waals surface area contributed by atoms with Crippen LogP contribution >= 0.6 is 12.4 Å². The van der Waals surface area contributed by atoms with Crippen molar-refractivity contribution in [3.05, 3.63) is 0 Å². The zero-order valence-electron chi connectivity index (χ0n) is 10.8. The minimum Gasteiger partial charge on any atom is -0.381 e. The first-order valence-corrected chi connectivity index (χ1v) is 8.03. The van der Waals surface area contributed by atoms with E-state index in [0.717, 1.165) is 19.4 Å². The van der Waals surface area contributed by atoms with E-state index in [1.807, 2.05) is 6.92 Å². The largest absolute Gasteiger partial charge is 0.381 e. The molecule has 0 bridgehead atoms. The van der Waals surface area contributed by atoms with E-state index in [1.165, 1.54) is 0 Å². The van der Waals surface area contributed by atoms with Gasteiger partial charge in [-0.3, -0.25) is 0 Å². The molecule has 2 heterocycles. The molecular weight excluding hydrogens is 276 g/mol. The molecule has 0 aromatic rings. The Balaban J connectivity index is 0.00000162. The lowest BCUT2D eigenvalue weighted by Crippen LogP contribution is -2.47. The summed E-state index contributed by atoms with van der Waals surface area (Å²) >= 11 is 0. The maximum Gasteiger partial charge on any atom is 0.216 e. The van der Waals surface area contributed by atoms with Crippen LogP contribution in [-0.2, 0) is 14.8 Å². The lowest BCUT2D eigenvalue weighted by Gasteiger charge is -2.33. The van der Waals surface area contributed by atoms with E-state index in [2.05, 4.69) is 5.32 Å². The van der Waals surface area contributed by atoms with Gasteiger partial charge in [0.15, 0.2) is 0 Å². The quantitative estimate of drug-likeness (QED) is 0.749. The summed E-state index contributed by atoms with van der Waals surface area (Å²) in [6.45, 7) is 5.13. The van der Waals surface area contributed by atoms with Crippen molar-refractivity contribution in [1.82, 2.24) is 9.62 Å². The molecule has 0 amide bonds. The third kappa shape index (κ3) is 3.81. The van der Waals surface area contributed by atoms with Crippen molar-refractivity contribution in [2.24, 2.45) is 5.92 Å². The molecule has 0 aliphatic carbocycles. The number of nitrogens with zero attached hydrogens (tertiary/aromatic N) is 1. The average molecular weight is 299 g/mol. The Bertz CT molecular complexity index is 350. The molecule has 2 aliphatic rings. The number of hydrogen-bond acceptors (Lipinski definition) is 4. The first kappa shape index (κ1) is 16.2. The summed E-state index contributed by atoms with van der Waals surface area (Å²) in [7, 11) is -3.11. The second kappa shape index (κ2) is 7.05. The van der Waals surface area contributed by atoms with Gasteiger partial charge in [-0.1, -0.05) is 0 Å². The smallest absolute Gasteiger partial charge is 0.216 e. The summed E-state index contributed by atoms with van der Waals surface area (Å²) in [6.07, 6.45) is 2.04. The Labute approximate surface area is 116 Å². The highest BCUT2D eigenvalue weighted by atomic mass is 35.5. The van der Waals surface area contributed by atoms with Gasteiger partial charge in [0.25, 0.3) is 0 Å². The van der Waals surface area contributed by atoms with Gasteiger partial charge in [0.1, 0.15) is 0 Å². The first-order valence-electron chi connectivity index (χ1n) is 6.42. The number of rotatable bonds is 5. The zero-order valence-corrected chi connectivity index (χ0v) is 12.4. The van der Waals surface area contributed by atoms with Crippen molar-refractivity contribution in [2.75, 3.05) is 38.6 Å². The van der Waals surface area contributed by atoms with Gasteiger partial charge in [0, 0.05) is 25.7 Å². The summed E-state index contributed by atoms with van der Waals surface area (Å²) in [5.41, 5.74) is 0. The molecule has 5 nitrogen and oxygen atoms in total. The number of sulfonamides is 1. The van der Waals surface area contributed by atoms with Crippen LogP contribution in [0.3, 0.4) is 0 Å². The van der Waals surface area contributed by atoms with Gasteiger partial charge < -0.3 is 10.1 Å². The number of hydrogen-bond donors (Lipinski definition) is 1. The van der Waals surface area contributed by atoms with Crippen LogP contribution in [0.25, 0.3) is 0 Å². The number of nitrogens with one attached hydrogen (secondary N) is 1. The summed E-state index contributed by atoms with van der Waals surface area (Å²) in [5, 5.41) is 3.44. The minimum absolute atomic E-state index is 0. The van der Waals surface area contributed by atoms with Gasteiger partial charge in [-0.05, 0) is 32.2 Å². The Morgan fingerprint density at radius 1 is 1.39 bits per heavy atom. The number of ether oxygens (including phenoxy) is 1. The highest BCUT2D eigenvalue weighted by Gasteiger charge is 2.36. The third-order valence-electron chi connectivity index (χ3n) is 3.70. The number of halogens is 1. The molecular formula is C11H23ClN2O3S. The summed E-state index contributed by atoms with van der Waals surface area (Å²) in [4.78, 5) is 0. The van der Waals surface area contributed by atoms with Gasteiger partial charge in [0.2, 0.25) is 10.0 Å². The highest BCUT2D eigenvalue weighted by molar-refractivity contribution is 7.89. The Morgan fingerprint density at radius 3 is 2.89 bits per heavy atom. The maximum atomic E-state index is 12.1. The van der Waals surface area contributed by atoms with Gasteiger partial charge in [-0.2, -0.15) is 0 Å².